The quantitative estimate of drug-likeness (QED) is 0.428. The number of nitrogens with zero attached hydrogens (tertiary/aromatic N) is 1. The molecule has 0 fully saturated rings. The molecule has 0 N–H and O–H groups in total. The van der Waals surface area contributed by atoms with Gasteiger partial charge in [-0.25, -0.2) is 4.79 Å². The van der Waals surface area contributed by atoms with Crippen LogP contribution in [0, 0.1) is 0 Å². The zero-order chi connectivity index (χ0) is 23.3. The predicted molar refractivity (Wildman–Crippen MR) is 126 cm³/mol. The Kier molecular flexibility index (Phi) is 11.4. The molecular formula is C26H37NO4. The lowest BCUT2D eigenvalue weighted by molar-refractivity contribution is 0.0245. The van der Waals surface area contributed by atoms with E-state index >= 15 is 0 Å². The second-order valence-corrected chi connectivity index (χ2v) is 7.98. The first kappa shape index (κ1) is 26.2. The topological polar surface area (TPSA) is 55.8 Å². The van der Waals surface area contributed by atoms with Gasteiger partial charge in [0.1, 0.15) is 18.0 Å². The van der Waals surface area contributed by atoms with E-state index in [0.717, 1.165) is 18.4 Å². The summed E-state index contributed by atoms with van der Waals surface area (Å²) in [6.45, 7) is 12.5. The number of hydrogen-bond donors (Lipinski definition) is 0. The molecule has 0 heterocycles. The average molecular weight is 428 g/mol. The molecule has 31 heavy (non-hydrogen) atoms. The standard InChI is InChI=1S/C24H31NO4.C2H6/c1-5-6-16-25(23(27)29-24(2,3)4)17-22(26)20-12-14-21(15-13-20)28-18-19-10-8-7-9-11-19;1-2/h7-15H,5-6,16-18H2,1-4H3;1-2H3. The third-order valence-electron chi connectivity index (χ3n) is 4.19. The maximum atomic E-state index is 12.7. The number of ketones is 1. The first-order valence-corrected chi connectivity index (χ1v) is 11.1. The SMILES string of the molecule is CC.CCCCN(CC(=O)c1ccc(OCc2ccccc2)cc1)C(=O)OC(C)(C)C. The number of hydrogen-bond acceptors (Lipinski definition) is 4. The first-order valence-electron chi connectivity index (χ1n) is 11.1. The van der Waals surface area contributed by atoms with Gasteiger partial charge in [0.2, 0.25) is 0 Å². The van der Waals surface area contributed by atoms with Crippen LogP contribution in [0.2, 0.25) is 0 Å². The summed E-state index contributed by atoms with van der Waals surface area (Å²) in [6, 6.07) is 16.9. The summed E-state index contributed by atoms with van der Waals surface area (Å²) in [5, 5.41) is 0. The van der Waals surface area contributed by atoms with Gasteiger partial charge in [0, 0.05) is 12.1 Å². The van der Waals surface area contributed by atoms with E-state index in [-0.39, 0.29) is 12.3 Å². The zero-order valence-electron chi connectivity index (χ0n) is 19.8. The lowest BCUT2D eigenvalue weighted by atomic mass is 10.1. The van der Waals surface area contributed by atoms with E-state index in [2.05, 4.69) is 0 Å². The molecule has 0 aliphatic carbocycles. The molecule has 0 atom stereocenters. The van der Waals surface area contributed by atoms with Crippen molar-refractivity contribution in [3.8, 4) is 5.75 Å². The Morgan fingerprint density at radius 2 is 1.55 bits per heavy atom. The summed E-state index contributed by atoms with van der Waals surface area (Å²) in [6.07, 6.45) is 1.29. The number of Topliss-reactive ketones (excluding diaryl/α,β-unsaturated/α-hetero) is 1. The highest BCUT2D eigenvalue weighted by molar-refractivity contribution is 5.99. The number of carbonyl (C=O) groups excluding carboxylic acids is 2. The normalized spacial score (nSPS) is 10.5. The van der Waals surface area contributed by atoms with Crippen molar-refractivity contribution in [2.75, 3.05) is 13.1 Å². The summed E-state index contributed by atoms with van der Waals surface area (Å²) in [5.74, 6) is 0.571. The molecule has 0 aliphatic rings. The van der Waals surface area contributed by atoms with Crippen LogP contribution in [0.1, 0.15) is 70.3 Å². The maximum absolute atomic E-state index is 12.7. The molecule has 5 nitrogen and oxygen atoms in total. The third kappa shape index (κ3) is 10.2. The van der Waals surface area contributed by atoms with Crippen molar-refractivity contribution >= 4 is 11.9 Å². The number of rotatable bonds is 9. The van der Waals surface area contributed by atoms with Gasteiger partial charge < -0.3 is 14.4 Å². The minimum atomic E-state index is -0.595. The predicted octanol–water partition coefficient (Wildman–Crippen LogP) is 6.51. The van der Waals surface area contributed by atoms with Crippen molar-refractivity contribution in [2.45, 2.75) is 66.6 Å². The molecule has 2 rings (SSSR count). The number of ether oxygens (including phenoxy) is 2. The fraction of sp³-hybridized carbons (Fsp3) is 0.462. The Labute approximate surface area is 187 Å². The van der Waals surface area contributed by atoms with Crippen LogP contribution < -0.4 is 4.74 Å². The maximum Gasteiger partial charge on any atom is 0.410 e. The molecule has 0 aliphatic heterocycles. The minimum Gasteiger partial charge on any atom is -0.489 e. The Hall–Kier alpha value is -2.82. The largest absolute Gasteiger partial charge is 0.489 e. The van der Waals surface area contributed by atoms with Crippen molar-refractivity contribution in [2.24, 2.45) is 0 Å². The van der Waals surface area contributed by atoms with Crippen LogP contribution in [0.5, 0.6) is 5.75 Å². The average Bonchev–Trinajstić information content (AvgIpc) is 2.76. The van der Waals surface area contributed by atoms with E-state index < -0.39 is 11.7 Å². The van der Waals surface area contributed by atoms with Gasteiger partial charge in [0.15, 0.2) is 5.78 Å². The minimum absolute atomic E-state index is 0.000861. The van der Waals surface area contributed by atoms with E-state index in [1.165, 1.54) is 4.90 Å². The molecule has 0 saturated heterocycles. The molecule has 0 aromatic heterocycles. The molecule has 1 amide bonds. The second kappa shape index (κ2) is 13.5. The van der Waals surface area contributed by atoms with Crippen molar-refractivity contribution < 1.29 is 19.1 Å². The van der Waals surface area contributed by atoms with Crippen LogP contribution in [-0.4, -0.2) is 35.5 Å². The molecule has 2 aromatic rings. The number of amides is 1. The molecule has 170 valence electrons. The highest BCUT2D eigenvalue weighted by Crippen LogP contribution is 2.16. The lowest BCUT2D eigenvalue weighted by Gasteiger charge is -2.27. The smallest absolute Gasteiger partial charge is 0.410 e. The first-order chi connectivity index (χ1) is 14.8. The van der Waals surface area contributed by atoms with Crippen LogP contribution in [0.3, 0.4) is 0 Å². The van der Waals surface area contributed by atoms with Gasteiger partial charge in [-0.2, -0.15) is 0 Å². The number of benzene rings is 2. The van der Waals surface area contributed by atoms with Crippen molar-refractivity contribution in [3.63, 3.8) is 0 Å². The summed E-state index contributed by atoms with van der Waals surface area (Å²) in [4.78, 5) is 26.6. The van der Waals surface area contributed by atoms with Crippen LogP contribution in [0.4, 0.5) is 4.79 Å². The Bertz CT molecular complexity index is 779. The number of carbonyl (C=O) groups is 2. The monoisotopic (exact) mass is 427 g/mol. The van der Waals surface area contributed by atoms with Gasteiger partial charge in [-0.1, -0.05) is 57.5 Å². The molecule has 0 saturated carbocycles. The molecule has 5 heteroatoms. The van der Waals surface area contributed by atoms with E-state index in [1.807, 2.05) is 71.9 Å². The zero-order valence-corrected chi connectivity index (χ0v) is 19.8. The summed E-state index contributed by atoms with van der Waals surface area (Å²) in [7, 11) is 0. The number of unbranched alkanes of at least 4 members (excludes halogenated alkanes) is 1. The lowest BCUT2D eigenvalue weighted by Crippen LogP contribution is -2.40. The van der Waals surface area contributed by atoms with Gasteiger partial charge in [0.25, 0.3) is 0 Å². The van der Waals surface area contributed by atoms with Gasteiger partial charge in [-0.05, 0) is 57.0 Å². The van der Waals surface area contributed by atoms with Gasteiger partial charge in [-0.3, -0.25) is 4.79 Å². The molecule has 2 aromatic carbocycles. The molecule has 0 bridgehead atoms. The van der Waals surface area contributed by atoms with Crippen molar-refractivity contribution in [1.82, 2.24) is 4.90 Å². The van der Waals surface area contributed by atoms with E-state index in [4.69, 9.17) is 9.47 Å². The fourth-order valence-corrected chi connectivity index (χ4v) is 2.65. The fourth-order valence-electron chi connectivity index (χ4n) is 2.65. The van der Waals surface area contributed by atoms with Gasteiger partial charge >= 0.3 is 6.09 Å². The summed E-state index contributed by atoms with van der Waals surface area (Å²) in [5.41, 5.74) is 1.03. The Balaban J connectivity index is 0.00000233. The summed E-state index contributed by atoms with van der Waals surface area (Å²) < 4.78 is 11.2. The van der Waals surface area contributed by atoms with Gasteiger partial charge in [0.05, 0.1) is 6.54 Å². The van der Waals surface area contributed by atoms with Crippen molar-refractivity contribution in [3.05, 3.63) is 65.7 Å². The molecular weight excluding hydrogens is 390 g/mol. The van der Waals surface area contributed by atoms with Gasteiger partial charge in [-0.15, -0.1) is 0 Å². The molecule has 0 radical (unpaired) electrons. The van der Waals surface area contributed by atoms with Crippen molar-refractivity contribution in [1.29, 1.82) is 0 Å². The second-order valence-electron chi connectivity index (χ2n) is 7.98. The summed E-state index contributed by atoms with van der Waals surface area (Å²) >= 11 is 0. The Morgan fingerprint density at radius 1 is 0.935 bits per heavy atom. The molecule has 0 spiro atoms. The van der Waals surface area contributed by atoms with E-state index in [9.17, 15) is 9.59 Å². The van der Waals surface area contributed by atoms with Crippen LogP contribution >= 0.6 is 0 Å². The Morgan fingerprint density at radius 3 is 2.10 bits per heavy atom. The van der Waals surface area contributed by atoms with E-state index in [1.54, 1.807) is 24.3 Å². The van der Waals surface area contributed by atoms with Crippen LogP contribution in [-0.2, 0) is 11.3 Å². The third-order valence-corrected chi connectivity index (χ3v) is 4.19. The highest BCUT2D eigenvalue weighted by Gasteiger charge is 2.24. The van der Waals surface area contributed by atoms with E-state index in [0.29, 0.717) is 24.5 Å². The van der Waals surface area contributed by atoms with Crippen LogP contribution in [0.25, 0.3) is 0 Å². The highest BCUT2D eigenvalue weighted by atomic mass is 16.6. The van der Waals surface area contributed by atoms with Crippen LogP contribution in [0.15, 0.2) is 54.6 Å². The molecule has 0 unspecified atom stereocenters.